The number of hydrogen-bond acceptors (Lipinski definition) is 2. The van der Waals surface area contributed by atoms with E-state index in [2.05, 4.69) is 0 Å². The minimum atomic E-state index is -8.72. The van der Waals surface area contributed by atoms with Gasteiger partial charge < -0.3 is 5.11 Å². The van der Waals surface area contributed by atoms with Crippen LogP contribution in [-0.4, -0.2) is 116 Å². The number of carboxylic acids is 1. The second-order valence-electron chi connectivity index (χ2n) is 4.98. The number of rotatable bonds is 7. The van der Waals surface area contributed by atoms with E-state index in [4.69, 9.17) is 5.11 Å². The van der Waals surface area contributed by atoms with Crippen LogP contribution in [0.2, 0.25) is 0 Å². The third kappa shape index (κ3) is 4.87. The van der Waals surface area contributed by atoms with Crippen LogP contribution < -0.4 is 0 Å². The monoisotopic (exact) mass is 536 g/mol. The van der Waals surface area contributed by atoms with Gasteiger partial charge in [-0.2, -0.15) is 79.0 Å². The van der Waals surface area contributed by atoms with E-state index in [1.54, 1.807) is 0 Å². The first-order valence-corrected chi connectivity index (χ1v) is 6.00. The standard InChI is InChI=1S/C9HF18NO2.K/c10-2(11,1(29)30)7(22,23)28(8(24,25)3(12,13)5(16,17)18)9(26,27)4(14,15)6(19,20)21;/h(H,29,30);. The molecular formula is C9HF18KNO2. The fraction of sp³-hybridized carbons (Fsp3) is 0.889. The molecule has 1 radical (unpaired) electrons. The zero-order valence-corrected chi connectivity index (χ0v) is 16.7. The molecule has 0 aromatic rings. The number of alkyl halides is 18. The van der Waals surface area contributed by atoms with Crippen LogP contribution in [0.5, 0.6) is 0 Å². The first-order chi connectivity index (χ1) is 12.6. The molecule has 0 aliphatic heterocycles. The summed E-state index contributed by atoms with van der Waals surface area (Å²) in [4.78, 5) is 4.83. The van der Waals surface area contributed by atoms with Gasteiger partial charge in [0.1, 0.15) is 0 Å². The molecule has 0 rings (SSSR count). The van der Waals surface area contributed by atoms with Crippen LogP contribution >= 0.6 is 0 Å². The van der Waals surface area contributed by atoms with E-state index in [-0.39, 0.29) is 51.4 Å². The van der Waals surface area contributed by atoms with E-state index in [1.807, 2.05) is 0 Å². The van der Waals surface area contributed by atoms with Crippen molar-refractivity contribution in [2.45, 2.75) is 48.3 Å². The average Bonchev–Trinajstić information content (AvgIpc) is 2.42. The zero-order chi connectivity index (χ0) is 25.2. The second-order valence-corrected chi connectivity index (χ2v) is 4.98. The Morgan fingerprint density at radius 3 is 0.903 bits per heavy atom. The van der Waals surface area contributed by atoms with Gasteiger partial charge in [0.2, 0.25) is 0 Å². The van der Waals surface area contributed by atoms with E-state index in [9.17, 15) is 83.8 Å². The maximum Gasteiger partial charge on any atom is 0.461 e. The van der Waals surface area contributed by atoms with Crippen molar-refractivity contribution in [3.63, 3.8) is 0 Å². The Morgan fingerprint density at radius 1 is 0.516 bits per heavy atom. The van der Waals surface area contributed by atoms with Crippen LogP contribution in [-0.2, 0) is 4.79 Å². The van der Waals surface area contributed by atoms with Crippen molar-refractivity contribution in [2.75, 3.05) is 0 Å². The molecule has 0 aliphatic carbocycles. The van der Waals surface area contributed by atoms with Crippen molar-refractivity contribution in [1.82, 2.24) is 4.90 Å². The van der Waals surface area contributed by atoms with Gasteiger partial charge in [-0.25, -0.2) is 4.79 Å². The predicted octanol–water partition coefficient (Wildman–Crippen LogP) is 4.80. The van der Waals surface area contributed by atoms with E-state index in [1.165, 1.54) is 0 Å². The molecule has 0 unspecified atom stereocenters. The summed E-state index contributed by atoms with van der Waals surface area (Å²) < 4.78 is 229. The molecule has 0 bridgehead atoms. The van der Waals surface area contributed by atoms with Gasteiger partial charge in [-0.1, -0.05) is 0 Å². The first kappa shape index (κ1) is 33.0. The Bertz CT molecular complexity index is 628. The van der Waals surface area contributed by atoms with Gasteiger partial charge >= 0.3 is 54.2 Å². The van der Waals surface area contributed by atoms with Crippen molar-refractivity contribution < 1.29 is 88.9 Å². The van der Waals surface area contributed by atoms with Crippen molar-refractivity contribution in [1.29, 1.82) is 0 Å². The summed E-state index contributed by atoms with van der Waals surface area (Å²) in [6.07, 6.45) is -16.0. The number of carboxylic acid groups (broad SMARTS) is 1. The molecule has 0 saturated carbocycles. The predicted molar refractivity (Wildman–Crippen MR) is 57.0 cm³/mol. The number of carbonyl (C=O) groups is 1. The third-order valence-electron chi connectivity index (χ3n) is 2.96. The molecule has 0 heterocycles. The molecule has 0 atom stereocenters. The zero-order valence-electron chi connectivity index (χ0n) is 13.6. The van der Waals surface area contributed by atoms with Gasteiger partial charge in [-0.15, -0.1) is 4.90 Å². The Kier molecular flexibility index (Phi) is 9.09. The van der Waals surface area contributed by atoms with Crippen LogP contribution in [0.15, 0.2) is 0 Å². The summed E-state index contributed by atoms with van der Waals surface area (Å²) in [6, 6.07) is -25.8. The molecule has 3 nitrogen and oxygen atoms in total. The quantitative estimate of drug-likeness (QED) is 0.289. The number of nitrogens with zero attached hydrogens (tertiary/aromatic N) is 1. The minimum Gasteiger partial charge on any atom is -0.477 e. The normalized spacial score (nSPS) is 15.7. The van der Waals surface area contributed by atoms with Crippen LogP contribution in [0.25, 0.3) is 0 Å². The van der Waals surface area contributed by atoms with Crippen molar-refractivity contribution >= 4 is 57.4 Å². The van der Waals surface area contributed by atoms with E-state index >= 15 is 0 Å². The maximum atomic E-state index is 13.4. The molecule has 181 valence electrons. The van der Waals surface area contributed by atoms with Crippen LogP contribution in [0.1, 0.15) is 0 Å². The van der Waals surface area contributed by atoms with E-state index in [0.29, 0.717) is 0 Å². The summed E-state index contributed by atoms with van der Waals surface area (Å²) in [7, 11) is 0. The molecule has 31 heavy (non-hydrogen) atoms. The Balaban J connectivity index is 0. The maximum absolute atomic E-state index is 13.4. The molecule has 1 N–H and O–H groups in total. The summed E-state index contributed by atoms with van der Waals surface area (Å²) in [6.45, 7) is 0. The Morgan fingerprint density at radius 2 is 0.742 bits per heavy atom. The smallest absolute Gasteiger partial charge is 0.461 e. The fourth-order valence-electron chi connectivity index (χ4n) is 1.42. The van der Waals surface area contributed by atoms with Crippen LogP contribution in [0, 0.1) is 0 Å². The molecule has 0 saturated heterocycles. The molecular weight excluding hydrogens is 535 g/mol. The topological polar surface area (TPSA) is 40.5 Å². The van der Waals surface area contributed by atoms with Gasteiger partial charge in [0.25, 0.3) is 0 Å². The molecule has 0 spiro atoms. The number of halogens is 18. The van der Waals surface area contributed by atoms with E-state index < -0.39 is 59.1 Å². The molecule has 0 amide bonds. The first-order valence-electron chi connectivity index (χ1n) is 6.00. The SMILES string of the molecule is O=C(O)C(F)(F)C(F)(F)N(C(F)(F)C(F)(F)C(F)(F)F)C(F)(F)C(F)(F)C(F)(F)F.[K]. The van der Waals surface area contributed by atoms with E-state index in [0.717, 1.165) is 0 Å². The second kappa shape index (κ2) is 8.54. The van der Waals surface area contributed by atoms with Crippen molar-refractivity contribution in [3.8, 4) is 0 Å². The third-order valence-corrected chi connectivity index (χ3v) is 2.96. The molecule has 0 aromatic carbocycles. The van der Waals surface area contributed by atoms with Crippen molar-refractivity contribution in [3.05, 3.63) is 0 Å². The Hall–Kier alpha value is -0.194. The minimum absolute atomic E-state index is 0. The van der Waals surface area contributed by atoms with Gasteiger partial charge in [0.15, 0.2) is 0 Å². The summed E-state index contributed by atoms with van der Waals surface area (Å²) >= 11 is 0. The number of aliphatic carboxylic acids is 1. The van der Waals surface area contributed by atoms with Crippen LogP contribution in [0.3, 0.4) is 0 Å². The summed E-state index contributed by atoms with van der Waals surface area (Å²) in [5.74, 6) is -29.1. The van der Waals surface area contributed by atoms with Crippen LogP contribution in [0.4, 0.5) is 79.0 Å². The van der Waals surface area contributed by atoms with Gasteiger partial charge in [-0.3, -0.25) is 0 Å². The van der Waals surface area contributed by atoms with Crippen molar-refractivity contribution in [2.24, 2.45) is 0 Å². The molecule has 22 heteroatoms. The largest absolute Gasteiger partial charge is 0.477 e. The molecule has 0 aliphatic rings. The average molecular weight is 536 g/mol. The molecule has 0 aromatic heterocycles. The number of hydrogen-bond donors (Lipinski definition) is 1. The van der Waals surface area contributed by atoms with Gasteiger partial charge in [0, 0.05) is 51.4 Å². The Labute approximate surface area is 198 Å². The molecule has 0 fully saturated rings. The van der Waals surface area contributed by atoms with Gasteiger partial charge in [0.05, 0.1) is 0 Å². The van der Waals surface area contributed by atoms with Gasteiger partial charge in [-0.05, 0) is 0 Å². The summed E-state index contributed by atoms with van der Waals surface area (Å²) in [5.41, 5.74) is 0. The fourth-order valence-corrected chi connectivity index (χ4v) is 1.42. The summed E-state index contributed by atoms with van der Waals surface area (Å²) in [5, 5.41) is 7.72.